The van der Waals surface area contributed by atoms with E-state index >= 15 is 0 Å². The van der Waals surface area contributed by atoms with Crippen LogP contribution in [0.25, 0.3) is 0 Å². The largest absolute Gasteiger partial charge is 0.407 e. The molecule has 0 saturated carbocycles. The Balaban J connectivity index is 1.39. The minimum Gasteiger partial charge on any atom is -0.407 e. The van der Waals surface area contributed by atoms with Crippen LogP contribution in [0.4, 0.5) is 11.7 Å². The highest BCUT2D eigenvalue weighted by atomic mass is 16.4. The lowest BCUT2D eigenvalue weighted by Crippen LogP contribution is -2.24. The van der Waals surface area contributed by atoms with Crippen molar-refractivity contribution >= 4 is 23.5 Å². The maximum atomic E-state index is 12.3. The Labute approximate surface area is 156 Å². The maximum Gasteiger partial charge on any atom is 0.322 e. The van der Waals surface area contributed by atoms with Crippen LogP contribution in [0, 0.1) is 0 Å². The molecule has 1 unspecified atom stereocenters. The van der Waals surface area contributed by atoms with E-state index in [-0.39, 0.29) is 30.2 Å². The van der Waals surface area contributed by atoms with Gasteiger partial charge in [0.1, 0.15) is 0 Å². The van der Waals surface area contributed by atoms with Gasteiger partial charge in [-0.2, -0.15) is 0 Å². The Bertz CT molecular complexity index is 940. The number of nitrogens with one attached hydrogen (secondary N) is 1. The molecule has 1 saturated heterocycles. The standard InChI is InChI=1S/C20H18N4O3/c25-17(11-14-7-3-1-4-8-14)21-20-23-22-19(27-20)15-12-18(26)24(13-15)16-9-5-2-6-10-16/h1-10,15H,11-13H2,(H,21,23,25). The van der Waals surface area contributed by atoms with E-state index in [0.29, 0.717) is 18.9 Å². The summed E-state index contributed by atoms with van der Waals surface area (Å²) < 4.78 is 5.58. The summed E-state index contributed by atoms with van der Waals surface area (Å²) in [6.07, 6.45) is 0.525. The van der Waals surface area contributed by atoms with Gasteiger partial charge in [0, 0.05) is 18.7 Å². The van der Waals surface area contributed by atoms with Gasteiger partial charge >= 0.3 is 6.01 Å². The number of carbonyl (C=O) groups excluding carboxylic acids is 2. The van der Waals surface area contributed by atoms with Gasteiger partial charge in [-0.15, -0.1) is 5.10 Å². The van der Waals surface area contributed by atoms with E-state index in [1.54, 1.807) is 4.90 Å². The van der Waals surface area contributed by atoms with Crippen molar-refractivity contribution in [1.29, 1.82) is 0 Å². The average Bonchev–Trinajstić information content (AvgIpc) is 3.30. The third-order valence-corrected chi connectivity index (χ3v) is 4.44. The third kappa shape index (κ3) is 3.87. The van der Waals surface area contributed by atoms with E-state index in [9.17, 15) is 9.59 Å². The van der Waals surface area contributed by atoms with Gasteiger partial charge in [0.2, 0.25) is 17.7 Å². The fourth-order valence-electron chi connectivity index (χ4n) is 3.13. The van der Waals surface area contributed by atoms with E-state index in [1.165, 1.54) is 0 Å². The van der Waals surface area contributed by atoms with Gasteiger partial charge in [0.05, 0.1) is 12.3 Å². The first-order chi connectivity index (χ1) is 13.2. The predicted molar refractivity (Wildman–Crippen MR) is 99.2 cm³/mol. The summed E-state index contributed by atoms with van der Waals surface area (Å²) in [5.41, 5.74) is 1.75. The second kappa shape index (κ2) is 7.41. The van der Waals surface area contributed by atoms with Gasteiger partial charge in [0.15, 0.2) is 0 Å². The molecule has 0 radical (unpaired) electrons. The summed E-state index contributed by atoms with van der Waals surface area (Å²) >= 11 is 0. The van der Waals surface area contributed by atoms with E-state index in [0.717, 1.165) is 11.3 Å². The molecule has 7 nitrogen and oxygen atoms in total. The minimum atomic E-state index is -0.232. The van der Waals surface area contributed by atoms with Gasteiger partial charge in [-0.25, -0.2) is 0 Å². The van der Waals surface area contributed by atoms with Crippen LogP contribution in [0.3, 0.4) is 0 Å². The Morgan fingerprint density at radius 3 is 2.52 bits per heavy atom. The van der Waals surface area contributed by atoms with Crippen LogP contribution in [0.1, 0.15) is 23.8 Å². The predicted octanol–water partition coefficient (Wildman–Crippen LogP) is 2.77. The van der Waals surface area contributed by atoms with E-state index in [4.69, 9.17) is 4.42 Å². The number of nitrogens with zero attached hydrogens (tertiary/aromatic N) is 3. The lowest BCUT2D eigenvalue weighted by molar-refractivity contribution is -0.117. The van der Waals surface area contributed by atoms with Crippen LogP contribution in [0.5, 0.6) is 0 Å². The smallest absolute Gasteiger partial charge is 0.322 e. The normalized spacial score (nSPS) is 16.5. The summed E-state index contributed by atoms with van der Waals surface area (Å²) in [5.74, 6) is -0.0503. The fraction of sp³-hybridized carbons (Fsp3) is 0.200. The van der Waals surface area contributed by atoms with Crippen molar-refractivity contribution in [3.05, 3.63) is 72.1 Å². The zero-order valence-corrected chi connectivity index (χ0v) is 14.5. The summed E-state index contributed by atoms with van der Waals surface area (Å²) in [7, 11) is 0. The van der Waals surface area contributed by atoms with E-state index in [1.807, 2.05) is 60.7 Å². The van der Waals surface area contributed by atoms with E-state index < -0.39 is 0 Å². The quantitative estimate of drug-likeness (QED) is 0.754. The van der Waals surface area contributed by atoms with Gasteiger partial charge in [-0.1, -0.05) is 53.6 Å². The first kappa shape index (κ1) is 17.0. The molecule has 136 valence electrons. The van der Waals surface area contributed by atoms with Crippen LogP contribution in [-0.4, -0.2) is 28.6 Å². The molecule has 2 amide bonds. The van der Waals surface area contributed by atoms with Crippen LogP contribution >= 0.6 is 0 Å². The number of hydrogen-bond acceptors (Lipinski definition) is 5. The lowest BCUT2D eigenvalue weighted by Gasteiger charge is -2.15. The molecule has 1 aliphatic rings. The number of hydrogen-bond donors (Lipinski definition) is 1. The maximum absolute atomic E-state index is 12.3. The molecule has 0 aliphatic carbocycles. The van der Waals surface area contributed by atoms with Crippen LogP contribution in [0.15, 0.2) is 65.1 Å². The number of carbonyl (C=O) groups is 2. The van der Waals surface area contributed by atoms with Crippen molar-refractivity contribution in [3.8, 4) is 0 Å². The second-order valence-electron chi connectivity index (χ2n) is 6.40. The lowest BCUT2D eigenvalue weighted by atomic mass is 10.1. The van der Waals surface area contributed by atoms with Gasteiger partial charge in [-0.05, 0) is 17.7 Å². The Kier molecular flexibility index (Phi) is 4.65. The molecule has 0 bridgehead atoms. The third-order valence-electron chi connectivity index (χ3n) is 4.44. The van der Waals surface area contributed by atoms with Crippen LogP contribution in [-0.2, 0) is 16.0 Å². The molecule has 3 aromatic rings. The molecule has 4 rings (SSSR count). The van der Waals surface area contributed by atoms with Crippen LogP contribution in [0.2, 0.25) is 0 Å². The van der Waals surface area contributed by atoms with Crippen molar-refractivity contribution in [2.75, 3.05) is 16.8 Å². The molecule has 1 atom stereocenters. The van der Waals surface area contributed by atoms with Crippen molar-refractivity contribution in [3.63, 3.8) is 0 Å². The SMILES string of the molecule is O=C(Cc1ccccc1)Nc1nnc(C2CC(=O)N(c3ccccc3)C2)o1. The molecule has 27 heavy (non-hydrogen) atoms. The van der Waals surface area contributed by atoms with Gasteiger partial charge in [-0.3, -0.25) is 14.9 Å². The number of amides is 2. The summed E-state index contributed by atoms with van der Waals surface area (Å²) in [4.78, 5) is 26.1. The Morgan fingerprint density at radius 1 is 1.07 bits per heavy atom. The number of anilines is 2. The number of para-hydroxylation sites is 1. The summed E-state index contributed by atoms with van der Waals surface area (Å²) in [5, 5.41) is 10.5. The highest BCUT2D eigenvalue weighted by Crippen LogP contribution is 2.31. The minimum absolute atomic E-state index is 0.0130. The molecule has 1 fully saturated rings. The van der Waals surface area contributed by atoms with Crippen molar-refractivity contribution < 1.29 is 14.0 Å². The number of aromatic nitrogens is 2. The number of benzene rings is 2. The molecular weight excluding hydrogens is 344 g/mol. The average molecular weight is 362 g/mol. The Hall–Kier alpha value is -3.48. The highest BCUT2D eigenvalue weighted by Gasteiger charge is 2.35. The monoisotopic (exact) mass is 362 g/mol. The molecule has 7 heteroatoms. The Morgan fingerprint density at radius 2 is 1.78 bits per heavy atom. The van der Waals surface area contributed by atoms with Gasteiger partial charge < -0.3 is 9.32 Å². The highest BCUT2D eigenvalue weighted by molar-refractivity contribution is 5.96. The topological polar surface area (TPSA) is 88.3 Å². The zero-order valence-electron chi connectivity index (χ0n) is 14.5. The first-order valence-electron chi connectivity index (χ1n) is 8.71. The molecule has 1 aliphatic heterocycles. The number of rotatable bonds is 5. The van der Waals surface area contributed by atoms with E-state index in [2.05, 4.69) is 15.5 Å². The zero-order chi connectivity index (χ0) is 18.6. The molecular formula is C20H18N4O3. The molecule has 1 aromatic heterocycles. The van der Waals surface area contributed by atoms with Gasteiger partial charge in [0.25, 0.3) is 0 Å². The first-order valence-corrected chi connectivity index (χ1v) is 8.71. The second-order valence-corrected chi connectivity index (χ2v) is 6.40. The van der Waals surface area contributed by atoms with Crippen molar-refractivity contribution in [2.24, 2.45) is 0 Å². The van der Waals surface area contributed by atoms with Crippen LogP contribution < -0.4 is 10.2 Å². The van der Waals surface area contributed by atoms with Crippen molar-refractivity contribution in [2.45, 2.75) is 18.8 Å². The molecule has 2 heterocycles. The molecule has 1 N–H and O–H groups in total. The van der Waals surface area contributed by atoms with Crippen molar-refractivity contribution in [1.82, 2.24) is 10.2 Å². The summed E-state index contributed by atoms with van der Waals surface area (Å²) in [6, 6.07) is 18.9. The molecule has 0 spiro atoms. The fourth-order valence-corrected chi connectivity index (χ4v) is 3.13. The molecule has 2 aromatic carbocycles. The summed E-state index contributed by atoms with van der Waals surface area (Å²) in [6.45, 7) is 0.475.